The Labute approximate surface area is 169 Å². The summed E-state index contributed by atoms with van der Waals surface area (Å²) in [5, 5.41) is 9.55. The first-order valence-electron chi connectivity index (χ1n) is 9.95. The number of para-hydroxylation sites is 1. The van der Waals surface area contributed by atoms with Crippen molar-refractivity contribution < 1.29 is 8.81 Å². The monoisotopic (exact) mass is 388 g/mol. The van der Waals surface area contributed by atoms with Gasteiger partial charge in [-0.25, -0.2) is 9.37 Å². The highest BCUT2D eigenvalue weighted by atomic mass is 19.1. The lowest BCUT2D eigenvalue weighted by molar-refractivity contribution is 0.475. The molecular weight excluding hydrogens is 367 g/mol. The van der Waals surface area contributed by atoms with E-state index in [1.807, 2.05) is 34.1 Å². The van der Waals surface area contributed by atoms with E-state index < -0.39 is 0 Å². The van der Waals surface area contributed by atoms with Crippen molar-refractivity contribution in [1.29, 1.82) is 5.26 Å². The molecule has 1 aromatic heterocycles. The van der Waals surface area contributed by atoms with E-state index in [1.165, 1.54) is 11.6 Å². The molecule has 1 aliphatic carbocycles. The van der Waals surface area contributed by atoms with Crippen molar-refractivity contribution in [2.45, 2.75) is 18.3 Å². The average Bonchev–Trinajstić information content (AvgIpc) is 3.46. The third-order valence-corrected chi connectivity index (χ3v) is 5.83. The fourth-order valence-electron chi connectivity index (χ4n) is 4.17. The SMILES string of the molecule is N#Cc1nc([C@H]2C[C@@H]2c2ccccc2)oc1N1CCN(c2ccccc2F)CC1. The molecule has 3 aromatic rings. The highest BCUT2D eigenvalue weighted by Gasteiger charge is 2.44. The zero-order valence-corrected chi connectivity index (χ0v) is 16.0. The predicted molar refractivity (Wildman–Crippen MR) is 109 cm³/mol. The number of nitrogens with zero attached hydrogens (tertiary/aromatic N) is 4. The molecule has 6 heteroatoms. The molecule has 146 valence electrons. The summed E-state index contributed by atoms with van der Waals surface area (Å²) >= 11 is 0. The maximum atomic E-state index is 14.1. The quantitative estimate of drug-likeness (QED) is 0.668. The van der Waals surface area contributed by atoms with Crippen molar-refractivity contribution >= 4 is 11.6 Å². The van der Waals surface area contributed by atoms with Crippen molar-refractivity contribution in [1.82, 2.24) is 4.98 Å². The number of hydrogen-bond acceptors (Lipinski definition) is 5. The van der Waals surface area contributed by atoms with Gasteiger partial charge in [0.1, 0.15) is 11.9 Å². The molecular formula is C23H21FN4O. The van der Waals surface area contributed by atoms with Crippen LogP contribution in [-0.4, -0.2) is 31.2 Å². The van der Waals surface area contributed by atoms with Crippen molar-refractivity contribution in [2.24, 2.45) is 0 Å². The smallest absolute Gasteiger partial charge is 0.234 e. The second-order valence-corrected chi connectivity index (χ2v) is 7.60. The normalized spacial score (nSPS) is 21.1. The fourth-order valence-corrected chi connectivity index (χ4v) is 4.17. The maximum Gasteiger partial charge on any atom is 0.234 e. The molecule has 1 aliphatic heterocycles. The molecule has 2 aromatic carbocycles. The Bertz CT molecular complexity index is 1050. The number of hydrogen-bond donors (Lipinski definition) is 0. The number of rotatable bonds is 4. The lowest BCUT2D eigenvalue weighted by atomic mass is 10.1. The zero-order valence-electron chi connectivity index (χ0n) is 16.0. The topological polar surface area (TPSA) is 56.3 Å². The Balaban J connectivity index is 1.30. The third-order valence-electron chi connectivity index (χ3n) is 5.83. The minimum atomic E-state index is -0.207. The van der Waals surface area contributed by atoms with Crippen molar-refractivity contribution in [3.05, 3.63) is 77.6 Å². The van der Waals surface area contributed by atoms with Gasteiger partial charge in [0.25, 0.3) is 0 Å². The molecule has 1 saturated carbocycles. The van der Waals surface area contributed by atoms with Crippen LogP contribution >= 0.6 is 0 Å². The van der Waals surface area contributed by atoms with Crippen LogP contribution in [0.5, 0.6) is 0 Å². The Hall–Kier alpha value is -3.33. The van der Waals surface area contributed by atoms with E-state index in [0.29, 0.717) is 55.3 Å². The molecule has 2 heterocycles. The van der Waals surface area contributed by atoms with Crippen LogP contribution < -0.4 is 9.80 Å². The number of oxazole rings is 1. The molecule has 0 bridgehead atoms. The van der Waals surface area contributed by atoms with E-state index in [9.17, 15) is 9.65 Å². The fraction of sp³-hybridized carbons (Fsp3) is 0.304. The van der Waals surface area contributed by atoms with Gasteiger partial charge in [0.05, 0.1) is 5.69 Å². The number of anilines is 2. The highest BCUT2D eigenvalue weighted by molar-refractivity contribution is 5.53. The number of piperazine rings is 1. The van der Waals surface area contributed by atoms with Gasteiger partial charge in [-0.3, -0.25) is 0 Å². The van der Waals surface area contributed by atoms with Gasteiger partial charge in [-0.1, -0.05) is 42.5 Å². The number of benzene rings is 2. The zero-order chi connectivity index (χ0) is 19.8. The first-order chi connectivity index (χ1) is 14.2. The highest BCUT2D eigenvalue weighted by Crippen LogP contribution is 2.54. The Morgan fingerprint density at radius 2 is 1.62 bits per heavy atom. The number of nitriles is 1. The van der Waals surface area contributed by atoms with Gasteiger partial charge >= 0.3 is 0 Å². The summed E-state index contributed by atoms with van der Waals surface area (Å²) in [6.07, 6.45) is 0.996. The minimum absolute atomic E-state index is 0.207. The molecule has 1 saturated heterocycles. The molecule has 5 rings (SSSR count). The molecule has 2 aliphatic rings. The predicted octanol–water partition coefficient (Wildman–Crippen LogP) is 4.28. The molecule has 0 amide bonds. The molecule has 2 fully saturated rings. The largest absolute Gasteiger partial charge is 0.423 e. The Morgan fingerprint density at radius 3 is 2.34 bits per heavy atom. The second-order valence-electron chi connectivity index (χ2n) is 7.60. The van der Waals surface area contributed by atoms with E-state index in [0.717, 1.165) is 6.42 Å². The van der Waals surface area contributed by atoms with Gasteiger partial charge in [-0.2, -0.15) is 5.26 Å². The van der Waals surface area contributed by atoms with Crippen molar-refractivity contribution in [3.8, 4) is 6.07 Å². The Morgan fingerprint density at radius 1 is 0.931 bits per heavy atom. The van der Waals surface area contributed by atoms with Crippen LogP contribution in [0.4, 0.5) is 16.0 Å². The minimum Gasteiger partial charge on any atom is -0.423 e. The maximum absolute atomic E-state index is 14.1. The van der Waals surface area contributed by atoms with Crippen LogP contribution in [0, 0.1) is 17.1 Å². The molecule has 2 atom stereocenters. The molecule has 0 unspecified atom stereocenters. The van der Waals surface area contributed by atoms with Crippen LogP contribution in [0.2, 0.25) is 0 Å². The van der Waals surface area contributed by atoms with E-state index in [4.69, 9.17) is 4.42 Å². The van der Waals surface area contributed by atoms with E-state index in [-0.39, 0.29) is 11.7 Å². The van der Waals surface area contributed by atoms with E-state index in [2.05, 4.69) is 23.2 Å². The van der Waals surface area contributed by atoms with Gasteiger partial charge in [0, 0.05) is 32.1 Å². The molecule has 29 heavy (non-hydrogen) atoms. The van der Waals surface area contributed by atoms with Crippen molar-refractivity contribution in [2.75, 3.05) is 36.0 Å². The summed E-state index contributed by atoms with van der Waals surface area (Å²) in [5.41, 5.74) is 2.25. The standard InChI is InChI=1S/C23H21FN4O/c24-19-8-4-5-9-21(19)27-10-12-28(13-11-27)23-20(15-25)26-22(29-23)18-14-17(18)16-6-2-1-3-7-16/h1-9,17-18H,10-14H2/t17-,18+/m1/s1. The van der Waals surface area contributed by atoms with Crippen LogP contribution in [0.1, 0.15) is 35.4 Å². The van der Waals surface area contributed by atoms with Crippen molar-refractivity contribution in [3.63, 3.8) is 0 Å². The molecule has 5 nitrogen and oxygen atoms in total. The van der Waals surface area contributed by atoms with Gasteiger partial charge in [0.15, 0.2) is 0 Å². The first-order valence-corrected chi connectivity index (χ1v) is 9.95. The number of aromatic nitrogens is 1. The summed E-state index contributed by atoms with van der Waals surface area (Å²) in [5.74, 6) is 1.64. The lowest BCUT2D eigenvalue weighted by Gasteiger charge is -2.36. The first kappa shape index (κ1) is 17.7. The third kappa shape index (κ3) is 3.33. The molecule has 0 spiro atoms. The lowest BCUT2D eigenvalue weighted by Crippen LogP contribution is -2.47. The van der Waals surface area contributed by atoms with E-state index >= 15 is 0 Å². The van der Waals surface area contributed by atoms with E-state index in [1.54, 1.807) is 12.1 Å². The van der Waals surface area contributed by atoms with Crippen LogP contribution in [0.25, 0.3) is 0 Å². The molecule has 0 radical (unpaired) electrons. The summed E-state index contributed by atoms with van der Waals surface area (Å²) in [6, 6.07) is 19.4. The molecule has 0 N–H and O–H groups in total. The average molecular weight is 388 g/mol. The summed E-state index contributed by atoms with van der Waals surface area (Å²) in [6.45, 7) is 2.64. The van der Waals surface area contributed by atoms with Gasteiger partial charge < -0.3 is 14.2 Å². The summed E-state index contributed by atoms with van der Waals surface area (Å²) in [4.78, 5) is 8.57. The van der Waals surface area contributed by atoms with Gasteiger partial charge in [-0.05, 0) is 30.0 Å². The summed E-state index contributed by atoms with van der Waals surface area (Å²) in [7, 11) is 0. The van der Waals surface area contributed by atoms with Crippen LogP contribution in [-0.2, 0) is 0 Å². The van der Waals surface area contributed by atoms with Crippen LogP contribution in [0.15, 0.2) is 59.0 Å². The summed E-state index contributed by atoms with van der Waals surface area (Å²) < 4.78 is 20.1. The second kappa shape index (κ2) is 7.25. The van der Waals surface area contributed by atoms with Gasteiger partial charge in [-0.15, -0.1) is 0 Å². The number of halogens is 1. The van der Waals surface area contributed by atoms with Gasteiger partial charge in [0.2, 0.25) is 17.5 Å². The Kier molecular flexibility index (Phi) is 4.44. The van der Waals surface area contributed by atoms with Crippen LogP contribution in [0.3, 0.4) is 0 Å².